The zero-order valence-corrected chi connectivity index (χ0v) is 11.6. The largest absolute Gasteiger partial charge is 0.495 e. The lowest BCUT2D eigenvalue weighted by Crippen LogP contribution is -2.62. The van der Waals surface area contributed by atoms with E-state index in [4.69, 9.17) is 4.74 Å². The zero-order valence-electron chi connectivity index (χ0n) is 11.6. The lowest BCUT2D eigenvalue weighted by molar-refractivity contribution is -0.123. The number of benzene rings is 1. The number of para-hydroxylation sites is 2. The summed E-state index contributed by atoms with van der Waals surface area (Å²) < 4.78 is 5.41. The van der Waals surface area contributed by atoms with Crippen molar-refractivity contribution in [3.05, 3.63) is 24.3 Å². The number of nitrogens with zero attached hydrogens (tertiary/aromatic N) is 1. The first kappa shape index (κ1) is 13.7. The SMILES string of the molecule is CNCC1C(=O)NCC(C)N1c1ccccc1OC. The van der Waals surface area contributed by atoms with Gasteiger partial charge in [-0.1, -0.05) is 12.1 Å². The van der Waals surface area contributed by atoms with Gasteiger partial charge in [0, 0.05) is 19.1 Å². The number of nitrogens with one attached hydrogen (secondary N) is 2. The summed E-state index contributed by atoms with van der Waals surface area (Å²) in [6.07, 6.45) is 0. The summed E-state index contributed by atoms with van der Waals surface area (Å²) in [6, 6.07) is 7.83. The van der Waals surface area contributed by atoms with Gasteiger partial charge >= 0.3 is 0 Å². The molecule has 1 aliphatic heterocycles. The van der Waals surface area contributed by atoms with Crippen molar-refractivity contribution >= 4 is 11.6 Å². The predicted octanol–water partition coefficient (Wildman–Crippen LogP) is 0.608. The van der Waals surface area contributed by atoms with Crippen molar-refractivity contribution in [2.45, 2.75) is 19.0 Å². The Bertz CT molecular complexity index is 450. The van der Waals surface area contributed by atoms with E-state index in [1.54, 1.807) is 7.11 Å². The molecule has 0 radical (unpaired) electrons. The van der Waals surface area contributed by atoms with Crippen LogP contribution in [0.3, 0.4) is 0 Å². The summed E-state index contributed by atoms with van der Waals surface area (Å²) in [7, 11) is 3.51. The smallest absolute Gasteiger partial charge is 0.244 e. The third kappa shape index (κ3) is 2.66. The Balaban J connectivity index is 2.39. The van der Waals surface area contributed by atoms with Gasteiger partial charge in [-0.2, -0.15) is 0 Å². The van der Waals surface area contributed by atoms with E-state index in [1.807, 2.05) is 31.3 Å². The van der Waals surface area contributed by atoms with E-state index in [-0.39, 0.29) is 18.0 Å². The minimum Gasteiger partial charge on any atom is -0.495 e. The number of carbonyl (C=O) groups excluding carboxylic acids is 1. The van der Waals surface area contributed by atoms with Gasteiger partial charge in [0.2, 0.25) is 5.91 Å². The molecular weight excluding hydrogens is 242 g/mol. The summed E-state index contributed by atoms with van der Waals surface area (Å²) >= 11 is 0. The van der Waals surface area contributed by atoms with Crippen molar-refractivity contribution in [3.8, 4) is 5.75 Å². The van der Waals surface area contributed by atoms with Crippen LogP contribution in [0.1, 0.15) is 6.92 Å². The van der Waals surface area contributed by atoms with Gasteiger partial charge in [0.25, 0.3) is 0 Å². The molecule has 2 rings (SSSR count). The normalized spacial score (nSPS) is 23.1. The van der Waals surface area contributed by atoms with Gasteiger partial charge in [-0.05, 0) is 26.1 Å². The van der Waals surface area contributed by atoms with Crippen LogP contribution in [0.25, 0.3) is 0 Å². The Morgan fingerprint density at radius 2 is 2.21 bits per heavy atom. The third-order valence-electron chi connectivity index (χ3n) is 3.45. The molecule has 0 saturated carbocycles. The van der Waals surface area contributed by atoms with Crippen LogP contribution < -0.4 is 20.3 Å². The molecule has 1 aromatic rings. The second kappa shape index (κ2) is 5.93. The zero-order chi connectivity index (χ0) is 13.8. The summed E-state index contributed by atoms with van der Waals surface area (Å²) in [5, 5.41) is 6.02. The summed E-state index contributed by atoms with van der Waals surface area (Å²) in [4.78, 5) is 14.2. The molecule has 5 nitrogen and oxygen atoms in total. The molecule has 2 N–H and O–H groups in total. The molecule has 2 unspecified atom stereocenters. The van der Waals surface area contributed by atoms with Gasteiger partial charge in [-0.3, -0.25) is 4.79 Å². The van der Waals surface area contributed by atoms with E-state index in [2.05, 4.69) is 22.5 Å². The maximum absolute atomic E-state index is 12.1. The molecule has 19 heavy (non-hydrogen) atoms. The van der Waals surface area contributed by atoms with Crippen molar-refractivity contribution in [1.82, 2.24) is 10.6 Å². The monoisotopic (exact) mass is 263 g/mol. The quantitative estimate of drug-likeness (QED) is 0.835. The number of carbonyl (C=O) groups is 1. The molecule has 0 spiro atoms. The highest BCUT2D eigenvalue weighted by Gasteiger charge is 2.34. The number of hydrogen-bond acceptors (Lipinski definition) is 4. The molecule has 1 aromatic carbocycles. The van der Waals surface area contributed by atoms with Gasteiger partial charge in [-0.25, -0.2) is 0 Å². The number of methoxy groups -OCH3 is 1. The van der Waals surface area contributed by atoms with Crippen LogP contribution in [0, 0.1) is 0 Å². The number of amides is 1. The van der Waals surface area contributed by atoms with E-state index >= 15 is 0 Å². The van der Waals surface area contributed by atoms with Crippen LogP contribution in [0.5, 0.6) is 5.75 Å². The van der Waals surface area contributed by atoms with Gasteiger partial charge < -0.3 is 20.3 Å². The van der Waals surface area contributed by atoms with Crippen LogP contribution in [-0.4, -0.2) is 45.2 Å². The topological polar surface area (TPSA) is 53.6 Å². The average molecular weight is 263 g/mol. The summed E-state index contributed by atoms with van der Waals surface area (Å²) in [5.74, 6) is 0.850. The van der Waals surface area contributed by atoms with Crippen molar-refractivity contribution < 1.29 is 9.53 Å². The molecule has 1 saturated heterocycles. The van der Waals surface area contributed by atoms with E-state index in [9.17, 15) is 4.79 Å². The Morgan fingerprint density at radius 3 is 2.89 bits per heavy atom. The molecule has 1 amide bonds. The number of anilines is 1. The molecule has 2 atom stereocenters. The fourth-order valence-corrected chi connectivity index (χ4v) is 2.53. The van der Waals surface area contributed by atoms with Crippen molar-refractivity contribution in [3.63, 3.8) is 0 Å². The Kier molecular flexibility index (Phi) is 4.27. The number of rotatable bonds is 4. The highest BCUT2D eigenvalue weighted by atomic mass is 16.5. The molecule has 0 bridgehead atoms. The highest BCUT2D eigenvalue weighted by molar-refractivity contribution is 5.87. The first-order valence-electron chi connectivity index (χ1n) is 6.52. The van der Waals surface area contributed by atoms with Gasteiger partial charge in [0.05, 0.1) is 12.8 Å². The molecule has 0 aromatic heterocycles. The van der Waals surface area contributed by atoms with Gasteiger partial charge in [0.15, 0.2) is 0 Å². The highest BCUT2D eigenvalue weighted by Crippen LogP contribution is 2.31. The van der Waals surface area contributed by atoms with E-state index in [0.29, 0.717) is 13.1 Å². The molecule has 1 aliphatic rings. The van der Waals surface area contributed by atoms with Crippen LogP contribution in [0.2, 0.25) is 0 Å². The summed E-state index contributed by atoms with van der Waals surface area (Å²) in [5.41, 5.74) is 0.965. The van der Waals surface area contributed by atoms with Crippen molar-refractivity contribution in [1.29, 1.82) is 0 Å². The summed E-state index contributed by atoms with van der Waals surface area (Å²) in [6.45, 7) is 3.36. The molecule has 5 heteroatoms. The second-order valence-corrected chi connectivity index (χ2v) is 4.75. The fourth-order valence-electron chi connectivity index (χ4n) is 2.53. The second-order valence-electron chi connectivity index (χ2n) is 4.75. The van der Waals surface area contributed by atoms with E-state index < -0.39 is 0 Å². The number of hydrogen-bond donors (Lipinski definition) is 2. The lowest BCUT2D eigenvalue weighted by atomic mass is 10.1. The standard InChI is InChI=1S/C14H21N3O2/c1-10-8-16-14(18)12(9-15-2)17(10)11-6-4-5-7-13(11)19-3/h4-7,10,12,15H,8-9H2,1-3H3,(H,16,18). The molecule has 1 heterocycles. The minimum absolute atomic E-state index is 0.0540. The van der Waals surface area contributed by atoms with Gasteiger partial charge in [-0.15, -0.1) is 0 Å². The van der Waals surface area contributed by atoms with Crippen molar-refractivity contribution in [2.75, 3.05) is 32.1 Å². The number of ether oxygens (including phenoxy) is 1. The van der Waals surface area contributed by atoms with Crippen LogP contribution in [-0.2, 0) is 4.79 Å². The Labute approximate surface area is 113 Å². The van der Waals surface area contributed by atoms with E-state index in [1.165, 1.54) is 0 Å². The lowest BCUT2D eigenvalue weighted by Gasteiger charge is -2.42. The first-order chi connectivity index (χ1) is 9.19. The maximum atomic E-state index is 12.1. The maximum Gasteiger partial charge on any atom is 0.244 e. The van der Waals surface area contributed by atoms with Crippen LogP contribution in [0.15, 0.2) is 24.3 Å². The van der Waals surface area contributed by atoms with Crippen LogP contribution >= 0.6 is 0 Å². The Hall–Kier alpha value is -1.75. The van der Waals surface area contributed by atoms with Crippen LogP contribution in [0.4, 0.5) is 5.69 Å². The Morgan fingerprint density at radius 1 is 1.47 bits per heavy atom. The first-order valence-corrected chi connectivity index (χ1v) is 6.52. The van der Waals surface area contributed by atoms with Crippen molar-refractivity contribution in [2.24, 2.45) is 0 Å². The number of likely N-dealkylation sites (N-methyl/N-ethyl adjacent to an activating group) is 1. The number of piperazine rings is 1. The van der Waals surface area contributed by atoms with E-state index in [0.717, 1.165) is 11.4 Å². The molecule has 104 valence electrons. The average Bonchev–Trinajstić information content (AvgIpc) is 2.43. The molecular formula is C14H21N3O2. The fraction of sp³-hybridized carbons (Fsp3) is 0.500. The predicted molar refractivity (Wildman–Crippen MR) is 75.7 cm³/mol. The molecule has 1 fully saturated rings. The van der Waals surface area contributed by atoms with Gasteiger partial charge in [0.1, 0.15) is 11.8 Å². The molecule has 0 aliphatic carbocycles. The minimum atomic E-state index is -0.218. The third-order valence-corrected chi connectivity index (χ3v) is 3.45.